The molecule has 25 heavy (non-hydrogen) atoms. The van der Waals surface area contributed by atoms with E-state index in [1.807, 2.05) is 27.7 Å². The van der Waals surface area contributed by atoms with Crippen LogP contribution in [-0.4, -0.2) is 53.7 Å². The molecule has 0 amide bonds. The summed E-state index contributed by atoms with van der Waals surface area (Å²) in [6, 6.07) is 0.561. The van der Waals surface area contributed by atoms with Crippen molar-refractivity contribution < 1.29 is 14.6 Å². The number of carbonyl (C=O) groups excluding carboxylic acids is 1. The SMILES string of the molecule is CC.CC.CC(=O)CCCCCCOCC1(O)CCN(C(C)C)CC1. The normalized spacial score (nSPS) is 16.5. The predicted molar refractivity (Wildman–Crippen MR) is 108 cm³/mol. The molecule has 1 rings (SSSR count). The monoisotopic (exact) mass is 359 g/mol. The minimum Gasteiger partial charge on any atom is -0.387 e. The van der Waals surface area contributed by atoms with Crippen molar-refractivity contribution in [2.24, 2.45) is 0 Å². The van der Waals surface area contributed by atoms with Gasteiger partial charge in [-0.3, -0.25) is 0 Å². The second-order valence-corrected chi connectivity index (χ2v) is 6.77. The third kappa shape index (κ3) is 14.4. The van der Waals surface area contributed by atoms with E-state index in [4.69, 9.17) is 4.74 Å². The molecule has 0 aliphatic carbocycles. The van der Waals surface area contributed by atoms with Crippen LogP contribution in [-0.2, 0) is 9.53 Å². The van der Waals surface area contributed by atoms with Gasteiger partial charge in [-0.05, 0) is 46.5 Å². The quantitative estimate of drug-likeness (QED) is 0.568. The molecule has 1 N–H and O–H groups in total. The number of unbranched alkanes of at least 4 members (excludes halogenated alkanes) is 3. The number of likely N-dealkylation sites (tertiary alicyclic amines) is 1. The summed E-state index contributed by atoms with van der Waals surface area (Å²) in [5.74, 6) is 0.279. The fourth-order valence-corrected chi connectivity index (χ4v) is 2.79. The largest absolute Gasteiger partial charge is 0.387 e. The van der Waals surface area contributed by atoms with Gasteiger partial charge in [-0.2, -0.15) is 0 Å². The third-order valence-electron chi connectivity index (χ3n) is 4.40. The van der Waals surface area contributed by atoms with Gasteiger partial charge in [0.25, 0.3) is 0 Å². The van der Waals surface area contributed by atoms with Crippen molar-refractivity contribution in [3.05, 3.63) is 0 Å². The van der Waals surface area contributed by atoms with Crippen LogP contribution >= 0.6 is 0 Å². The third-order valence-corrected chi connectivity index (χ3v) is 4.40. The number of hydrogen-bond donors (Lipinski definition) is 1. The van der Waals surface area contributed by atoms with E-state index < -0.39 is 5.60 Å². The van der Waals surface area contributed by atoms with E-state index >= 15 is 0 Å². The number of carbonyl (C=O) groups is 1. The van der Waals surface area contributed by atoms with Crippen molar-refractivity contribution in [3.63, 3.8) is 0 Å². The summed E-state index contributed by atoms with van der Waals surface area (Å²) < 4.78 is 5.66. The fraction of sp³-hybridized carbons (Fsp3) is 0.952. The Morgan fingerprint density at radius 3 is 2.04 bits per heavy atom. The summed E-state index contributed by atoms with van der Waals surface area (Å²) >= 11 is 0. The Morgan fingerprint density at radius 1 is 1.04 bits per heavy atom. The molecule has 4 nitrogen and oxygen atoms in total. The smallest absolute Gasteiger partial charge is 0.129 e. The molecule has 0 radical (unpaired) electrons. The number of aliphatic hydroxyl groups is 1. The van der Waals surface area contributed by atoms with Gasteiger partial charge in [-0.25, -0.2) is 0 Å². The molecule has 0 saturated carbocycles. The van der Waals surface area contributed by atoms with E-state index in [-0.39, 0.29) is 5.78 Å². The Bertz CT molecular complexity index is 298. The Kier molecular flexibility index (Phi) is 18.2. The number of ketones is 1. The van der Waals surface area contributed by atoms with Crippen LogP contribution < -0.4 is 0 Å². The van der Waals surface area contributed by atoms with Gasteiger partial charge < -0.3 is 19.5 Å². The van der Waals surface area contributed by atoms with E-state index in [1.54, 1.807) is 6.92 Å². The molecule has 0 aromatic rings. The first-order valence-electron chi connectivity index (χ1n) is 10.5. The van der Waals surface area contributed by atoms with Crippen LogP contribution in [0.1, 0.15) is 93.4 Å². The molecular weight excluding hydrogens is 314 g/mol. The minimum atomic E-state index is -0.625. The molecule has 1 fully saturated rings. The van der Waals surface area contributed by atoms with Crippen molar-refractivity contribution >= 4 is 5.78 Å². The zero-order valence-corrected chi connectivity index (χ0v) is 18.1. The number of rotatable bonds is 10. The molecule has 0 bridgehead atoms. The predicted octanol–water partition coefficient (Wildman–Crippen LogP) is 4.83. The second kappa shape index (κ2) is 17.0. The lowest BCUT2D eigenvalue weighted by Gasteiger charge is -2.39. The average molecular weight is 360 g/mol. The van der Waals surface area contributed by atoms with Crippen LogP contribution in [0, 0.1) is 0 Å². The molecular formula is C21H45NO3. The van der Waals surface area contributed by atoms with Gasteiger partial charge in [-0.15, -0.1) is 0 Å². The molecule has 1 heterocycles. The Morgan fingerprint density at radius 2 is 1.56 bits per heavy atom. The van der Waals surface area contributed by atoms with Crippen molar-refractivity contribution in [1.29, 1.82) is 0 Å². The van der Waals surface area contributed by atoms with Gasteiger partial charge in [-0.1, -0.05) is 40.5 Å². The van der Waals surface area contributed by atoms with E-state index in [0.717, 1.165) is 58.2 Å². The lowest BCUT2D eigenvalue weighted by Crippen LogP contribution is -2.49. The average Bonchev–Trinajstić information content (AvgIpc) is 2.61. The lowest BCUT2D eigenvalue weighted by molar-refractivity contribution is -0.117. The fourth-order valence-electron chi connectivity index (χ4n) is 2.79. The molecule has 0 aromatic carbocycles. The van der Waals surface area contributed by atoms with Crippen LogP contribution in [0.25, 0.3) is 0 Å². The summed E-state index contributed by atoms with van der Waals surface area (Å²) in [5.41, 5.74) is -0.625. The van der Waals surface area contributed by atoms with Crippen molar-refractivity contribution in [2.75, 3.05) is 26.3 Å². The zero-order chi connectivity index (χ0) is 19.7. The number of Topliss-reactive ketones (excluding diaryl/α,β-unsaturated/α-hetero) is 1. The summed E-state index contributed by atoms with van der Waals surface area (Å²) in [6.07, 6.45) is 6.53. The van der Waals surface area contributed by atoms with Crippen LogP contribution in [0.2, 0.25) is 0 Å². The van der Waals surface area contributed by atoms with E-state index in [9.17, 15) is 9.90 Å². The van der Waals surface area contributed by atoms with Gasteiger partial charge in [0.1, 0.15) is 5.78 Å². The van der Waals surface area contributed by atoms with Crippen LogP contribution in [0.4, 0.5) is 0 Å². The van der Waals surface area contributed by atoms with Gasteiger partial charge in [0.15, 0.2) is 0 Å². The summed E-state index contributed by atoms with van der Waals surface area (Å²) in [4.78, 5) is 13.2. The highest BCUT2D eigenvalue weighted by Gasteiger charge is 2.33. The molecule has 4 heteroatoms. The summed E-state index contributed by atoms with van der Waals surface area (Å²) in [7, 11) is 0. The van der Waals surface area contributed by atoms with Gasteiger partial charge >= 0.3 is 0 Å². The Balaban J connectivity index is 0. The molecule has 0 atom stereocenters. The molecule has 1 saturated heterocycles. The zero-order valence-electron chi connectivity index (χ0n) is 18.1. The highest BCUT2D eigenvalue weighted by Crippen LogP contribution is 2.23. The van der Waals surface area contributed by atoms with Crippen LogP contribution in [0.5, 0.6) is 0 Å². The second-order valence-electron chi connectivity index (χ2n) is 6.77. The first kappa shape index (κ1) is 26.8. The van der Waals surface area contributed by atoms with Crippen molar-refractivity contribution in [2.45, 2.75) is 105 Å². The van der Waals surface area contributed by atoms with E-state index in [1.165, 1.54) is 0 Å². The van der Waals surface area contributed by atoms with E-state index in [2.05, 4.69) is 18.7 Å². The van der Waals surface area contributed by atoms with Crippen LogP contribution in [0.3, 0.4) is 0 Å². The highest BCUT2D eigenvalue weighted by molar-refractivity contribution is 5.75. The maximum Gasteiger partial charge on any atom is 0.129 e. The first-order chi connectivity index (χ1) is 11.9. The van der Waals surface area contributed by atoms with Crippen LogP contribution in [0.15, 0.2) is 0 Å². The standard InChI is InChI=1S/C17H33NO3.2C2H6/c1-15(2)18-11-9-17(20,10-12-18)14-21-13-7-5-4-6-8-16(3)19;2*1-2/h15,20H,4-14H2,1-3H3;2*1-2H3. The molecule has 0 aromatic heterocycles. The Labute approximate surface area is 157 Å². The molecule has 0 spiro atoms. The van der Waals surface area contributed by atoms with Gasteiger partial charge in [0, 0.05) is 32.2 Å². The van der Waals surface area contributed by atoms with Gasteiger partial charge in [0.05, 0.1) is 12.2 Å². The van der Waals surface area contributed by atoms with Crippen molar-refractivity contribution in [1.82, 2.24) is 4.90 Å². The maximum absolute atomic E-state index is 10.8. The maximum atomic E-state index is 10.8. The molecule has 1 aliphatic heterocycles. The minimum absolute atomic E-state index is 0.279. The molecule has 0 unspecified atom stereocenters. The van der Waals surface area contributed by atoms with E-state index in [0.29, 0.717) is 19.1 Å². The highest BCUT2D eigenvalue weighted by atomic mass is 16.5. The van der Waals surface area contributed by atoms with Crippen molar-refractivity contribution in [3.8, 4) is 0 Å². The first-order valence-corrected chi connectivity index (χ1v) is 10.5. The summed E-state index contributed by atoms with van der Waals surface area (Å²) in [6.45, 7) is 17.2. The van der Waals surface area contributed by atoms with Gasteiger partial charge in [0.2, 0.25) is 0 Å². The topological polar surface area (TPSA) is 49.8 Å². The number of nitrogens with zero attached hydrogens (tertiary/aromatic N) is 1. The Hall–Kier alpha value is -0.450. The molecule has 152 valence electrons. The number of hydrogen-bond acceptors (Lipinski definition) is 4. The molecule has 1 aliphatic rings. The number of ether oxygens (including phenoxy) is 1. The number of piperidine rings is 1. The summed E-state index contributed by atoms with van der Waals surface area (Å²) in [5, 5.41) is 10.5. The lowest BCUT2D eigenvalue weighted by atomic mass is 9.92.